The molecule has 2 heterocycles. The van der Waals surface area contributed by atoms with Gasteiger partial charge in [0.05, 0.1) is 0 Å². The molecule has 6 nitrogen and oxygen atoms in total. The number of aromatic nitrogens is 1. The largest absolute Gasteiger partial charge is 0.458 e. The van der Waals surface area contributed by atoms with Crippen molar-refractivity contribution in [3.8, 4) is 0 Å². The lowest BCUT2D eigenvalue weighted by molar-refractivity contribution is 0.0129. The summed E-state index contributed by atoms with van der Waals surface area (Å²) < 4.78 is 7.95. The van der Waals surface area contributed by atoms with Crippen molar-refractivity contribution < 1.29 is 9.53 Å². The molecule has 5 rings (SSSR count). The maximum Gasteiger partial charge on any atom is 0.355 e. The van der Waals surface area contributed by atoms with Crippen molar-refractivity contribution in [2.24, 2.45) is 5.73 Å². The van der Waals surface area contributed by atoms with Crippen LogP contribution < -0.4 is 5.73 Å². The van der Waals surface area contributed by atoms with E-state index in [4.69, 9.17) is 15.9 Å². The lowest BCUT2D eigenvalue weighted by atomic mass is 10.0. The van der Waals surface area contributed by atoms with Gasteiger partial charge in [-0.05, 0) is 48.4 Å². The van der Waals surface area contributed by atoms with Crippen LogP contribution in [-0.4, -0.2) is 47.5 Å². The molecule has 168 valence electrons. The summed E-state index contributed by atoms with van der Waals surface area (Å²) in [7, 11) is 2.09. The van der Waals surface area contributed by atoms with E-state index in [2.05, 4.69) is 36.2 Å². The molecule has 6 heteroatoms. The van der Waals surface area contributed by atoms with Gasteiger partial charge in [0.25, 0.3) is 0 Å². The Bertz CT molecular complexity index is 1340. The molecule has 1 aromatic heterocycles. The normalized spacial score (nSPS) is 15.2. The SMILES string of the molecule is CN1CCC(OC(=O)c2cc3ccc(C(=N)N)cc3n2Cc2cccc3ccccc23)CC1. The molecule has 1 aliphatic heterocycles. The van der Waals surface area contributed by atoms with Crippen molar-refractivity contribution in [3.05, 3.63) is 83.6 Å². The summed E-state index contributed by atoms with van der Waals surface area (Å²) in [5, 5.41) is 11.1. The monoisotopic (exact) mass is 440 g/mol. The molecule has 0 spiro atoms. The van der Waals surface area contributed by atoms with Crippen LogP contribution in [0, 0.1) is 5.41 Å². The van der Waals surface area contributed by atoms with Crippen LogP contribution in [0.15, 0.2) is 66.7 Å². The smallest absolute Gasteiger partial charge is 0.355 e. The van der Waals surface area contributed by atoms with E-state index < -0.39 is 0 Å². The Morgan fingerprint density at radius 3 is 2.58 bits per heavy atom. The summed E-state index contributed by atoms with van der Waals surface area (Å²) in [6, 6.07) is 22.0. The van der Waals surface area contributed by atoms with Crippen LogP contribution in [0.5, 0.6) is 0 Å². The molecule has 0 bridgehead atoms. The number of hydrogen-bond acceptors (Lipinski definition) is 4. The van der Waals surface area contributed by atoms with Crippen LogP contribution in [0.25, 0.3) is 21.7 Å². The van der Waals surface area contributed by atoms with E-state index in [-0.39, 0.29) is 17.9 Å². The zero-order valence-electron chi connectivity index (χ0n) is 18.8. The number of benzene rings is 3. The number of nitrogens with one attached hydrogen (secondary N) is 1. The summed E-state index contributed by atoms with van der Waals surface area (Å²) in [6.45, 7) is 2.38. The first-order chi connectivity index (χ1) is 16.0. The fraction of sp³-hybridized carbons (Fsp3) is 0.259. The molecule has 1 saturated heterocycles. The zero-order valence-corrected chi connectivity index (χ0v) is 18.8. The van der Waals surface area contributed by atoms with Gasteiger partial charge in [0.2, 0.25) is 0 Å². The molecule has 0 atom stereocenters. The van der Waals surface area contributed by atoms with Gasteiger partial charge in [0, 0.05) is 36.1 Å². The van der Waals surface area contributed by atoms with Gasteiger partial charge in [0.15, 0.2) is 0 Å². The van der Waals surface area contributed by atoms with E-state index in [1.165, 1.54) is 0 Å². The van der Waals surface area contributed by atoms with Crippen molar-refractivity contribution in [3.63, 3.8) is 0 Å². The summed E-state index contributed by atoms with van der Waals surface area (Å²) in [4.78, 5) is 15.6. The molecule has 0 radical (unpaired) electrons. The molecule has 1 aliphatic rings. The van der Waals surface area contributed by atoms with Crippen LogP contribution in [0.2, 0.25) is 0 Å². The summed E-state index contributed by atoms with van der Waals surface area (Å²) in [6.07, 6.45) is 1.63. The highest BCUT2D eigenvalue weighted by Gasteiger charge is 2.24. The second kappa shape index (κ2) is 8.71. The van der Waals surface area contributed by atoms with E-state index in [0.717, 1.165) is 53.2 Å². The van der Waals surface area contributed by atoms with Crippen LogP contribution in [0.4, 0.5) is 0 Å². The molecule has 0 saturated carbocycles. The van der Waals surface area contributed by atoms with Crippen molar-refractivity contribution >= 4 is 33.5 Å². The van der Waals surface area contributed by atoms with Crippen molar-refractivity contribution in [1.29, 1.82) is 5.41 Å². The minimum atomic E-state index is -0.301. The molecule has 4 aromatic rings. The highest BCUT2D eigenvalue weighted by atomic mass is 16.5. The summed E-state index contributed by atoms with van der Waals surface area (Å²) >= 11 is 0. The molecular formula is C27H28N4O2. The predicted octanol–water partition coefficient (Wildman–Crippen LogP) is 4.38. The van der Waals surface area contributed by atoms with Crippen LogP contribution in [0.1, 0.15) is 34.5 Å². The quantitative estimate of drug-likeness (QED) is 0.274. The van der Waals surface area contributed by atoms with Gasteiger partial charge >= 0.3 is 5.97 Å². The Labute approximate surface area is 193 Å². The van der Waals surface area contributed by atoms with Crippen LogP contribution >= 0.6 is 0 Å². The molecule has 3 aromatic carbocycles. The van der Waals surface area contributed by atoms with E-state index >= 15 is 0 Å². The van der Waals surface area contributed by atoms with Crippen molar-refractivity contribution in [2.45, 2.75) is 25.5 Å². The number of likely N-dealkylation sites (tertiary alicyclic amines) is 1. The number of nitrogens with zero attached hydrogens (tertiary/aromatic N) is 2. The second-order valence-corrected chi connectivity index (χ2v) is 8.85. The van der Waals surface area contributed by atoms with E-state index in [0.29, 0.717) is 17.8 Å². The lowest BCUT2D eigenvalue weighted by Crippen LogP contribution is -2.35. The fourth-order valence-electron chi connectivity index (χ4n) is 4.68. The molecule has 0 unspecified atom stereocenters. The highest BCUT2D eigenvalue weighted by Crippen LogP contribution is 2.27. The predicted molar refractivity (Wildman–Crippen MR) is 132 cm³/mol. The minimum absolute atomic E-state index is 0.00487. The Morgan fingerprint density at radius 2 is 1.79 bits per heavy atom. The van der Waals surface area contributed by atoms with Crippen LogP contribution in [0.3, 0.4) is 0 Å². The number of rotatable bonds is 5. The van der Waals surface area contributed by atoms with Gasteiger partial charge in [-0.25, -0.2) is 4.79 Å². The van der Waals surface area contributed by atoms with E-state index in [1.54, 1.807) is 0 Å². The second-order valence-electron chi connectivity index (χ2n) is 8.85. The minimum Gasteiger partial charge on any atom is -0.458 e. The molecule has 3 N–H and O–H groups in total. The molecule has 0 amide bonds. The third-order valence-corrected chi connectivity index (χ3v) is 6.57. The number of nitrogen functional groups attached to an aromatic ring is 1. The number of carbonyl (C=O) groups excluding carboxylic acids is 1. The fourth-order valence-corrected chi connectivity index (χ4v) is 4.68. The maximum absolute atomic E-state index is 13.3. The Balaban J connectivity index is 1.57. The van der Waals surface area contributed by atoms with Gasteiger partial charge in [-0.15, -0.1) is 0 Å². The maximum atomic E-state index is 13.3. The number of amidine groups is 1. The topological polar surface area (TPSA) is 84.3 Å². The van der Waals surface area contributed by atoms with E-state index in [1.807, 2.05) is 47.0 Å². The average molecular weight is 441 g/mol. The van der Waals surface area contributed by atoms with Gasteiger partial charge in [-0.3, -0.25) is 5.41 Å². The number of nitrogens with two attached hydrogens (primary N) is 1. The van der Waals surface area contributed by atoms with Gasteiger partial charge in [0.1, 0.15) is 17.6 Å². The van der Waals surface area contributed by atoms with Gasteiger partial charge in [-0.1, -0.05) is 54.6 Å². The number of piperidine rings is 1. The lowest BCUT2D eigenvalue weighted by Gasteiger charge is -2.28. The molecular weight excluding hydrogens is 412 g/mol. The third kappa shape index (κ3) is 4.22. The number of fused-ring (bicyclic) bond motifs is 2. The van der Waals surface area contributed by atoms with E-state index in [9.17, 15) is 4.79 Å². The Kier molecular flexibility index (Phi) is 5.60. The zero-order chi connectivity index (χ0) is 22.9. The number of hydrogen-bond donors (Lipinski definition) is 2. The van der Waals surface area contributed by atoms with Crippen LogP contribution in [-0.2, 0) is 11.3 Å². The highest BCUT2D eigenvalue weighted by molar-refractivity contribution is 6.01. The summed E-state index contributed by atoms with van der Waals surface area (Å²) in [5.41, 5.74) is 8.91. The van der Waals surface area contributed by atoms with Gasteiger partial charge in [-0.2, -0.15) is 0 Å². The Morgan fingerprint density at radius 1 is 1.03 bits per heavy atom. The molecule has 33 heavy (non-hydrogen) atoms. The third-order valence-electron chi connectivity index (χ3n) is 6.57. The van der Waals surface area contributed by atoms with Gasteiger partial charge < -0.3 is 19.9 Å². The number of carbonyl (C=O) groups is 1. The Hall–Kier alpha value is -3.64. The average Bonchev–Trinajstić information content (AvgIpc) is 3.18. The first-order valence-electron chi connectivity index (χ1n) is 11.3. The number of ether oxygens (including phenoxy) is 1. The number of esters is 1. The molecule has 0 aliphatic carbocycles. The first-order valence-corrected chi connectivity index (χ1v) is 11.3. The molecule has 1 fully saturated rings. The summed E-state index contributed by atoms with van der Waals surface area (Å²) in [5.74, 6) is -0.296. The van der Waals surface area contributed by atoms with Crippen molar-refractivity contribution in [1.82, 2.24) is 9.47 Å². The van der Waals surface area contributed by atoms with Crippen molar-refractivity contribution in [2.75, 3.05) is 20.1 Å². The standard InChI is InChI=1S/C27H28N4O2/c1-30-13-11-22(12-14-30)33-27(32)25-15-19-9-10-20(26(28)29)16-24(19)31(25)17-21-7-4-6-18-5-2-3-8-23(18)21/h2-10,15-16,22H,11-14,17H2,1H3,(H3,28,29). The first kappa shape index (κ1) is 21.2.